The smallest absolute Gasteiger partial charge is 0.257 e. The van der Waals surface area contributed by atoms with Crippen molar-refractivity contribution in [3.8, 4) is 5.75 Å². The van der Waals surface area contributed by atoms with E-state index in [0.717, 1.165) is 30.1 Å². The van der Waals surface area contributed by atoms with Crippen molar-refractivity contribution in [3.63, 3.8) is 0 Å². The van der Waals surface area contributed by atoms with E-state index in [2.05, 4.69) is 20.5 Å². The van der Waals surface area contributed by atoms with Gasteiger partial charge in [-0.15, -0.1) is 0 Å². The molecular weight excluding hydrogens is 508 g/mol. The Morgan fingerprint density at radius 2 is 1.65 bits per heavy atom. The minimum Gasteiger partial charge on any atom is -0.497 e. The van der Waals surface area contributed by atoms with E-state index in [0.29, 0.717) is 62.5 Å². The fourth-order valence-electron chi connectivity index (χ4n) is 5.01. The first-order chi connectivity index (χ1) is 19.5. The van der Waals surface area contributed by atoms with Crippen LogP contribution in [0, 0.1) is 0 Å². The number of carbonyl (C=O) groups excluding carboxylic acids is 3. The second kappa shape index (κ2) is 12.6. The Bertz CT molecular complexity index is 1330. The molecular formula is C30H34N6O4. The fourth-order valence-corrected chi connectivity index (χ4v) is 5.01. The zero-order valence-electron chi connectivity index (χ0n) is 22.6. The van der Waals surface area contributed by atoms with Crippen LogP contribution in [-0.2, 0) is 11.2 Å². The van der Waals surface area contributed by atoms with Gasteiger partial charge in [-0.3, -0.25) is 19.4 Å². The SMILES string of the molecule is COc1ccc(CC(=O)N2CCN(c3ccc(C(=O)N4CCNCC4)cc3NC(=O)c3cccnc3)CC2)cc1. The fraction of sp³-hybridized carbons (Fsp3) is 0.333. The third kappa shape index (κ3) is 6.40. The highest BCUT2D eigenvalue weighted by Gasteiger charge is 2.25. The molecule has 2 aliphatic heterocycles. The number of amides is 3. The largest absolute Gasteiger partial charge is 0.497 e. The highest BCUT2D eigenvalue weighted by Crippen LogP contribution is 2.30. The monoisotopic (exact) mass is 542 g/mol. The van der Waals surface area contributed by atoms with Gasteiger partial charge in [-0.2, -0.15) is 0 Å². The molecule has 208 valence electrons. The van der Waals surface area contributed by atoms with Crippen molar-refractivity contribution in [2.75, 3.05) is 69.7 Å². The maximum atomic E-state index is 13.2. The third-order valence-electron chi connectivity index (χ3n) is 7.31. The zero-order valence-corrected chi connectivity index (χ0v) is 22.6. The Kier molecular flexibility index (Phi) is 8.56. The number of ether oxygens (including phenoxy) is 1. The van der Waals surface area contributed by atoms with E-state index in [4.69, 9.17) is 4.74 Å². The first-order valence-electron chi connectivity index (χ1n) is 13.5. The molecule has 2 N–H and O–H groups in total. The summed E-state index contributed by atoms with van der Waals surface area (Å²) in [7, 11) is 1.62. The maximum Gasteiger partial charge on any atom is 0.257 e. The normalized spacial score (nSPS) is 15.5. The quantitative estimate of drug-likeness (QED) is 0.472. The number of aromatic nitrogens is 1. The molecule has 3 heterocycles. The van der Waals surface area contributed by atoms with E-state index in [-0.39, 0.29) is 17.7 Å². The van der Waals surface area contributed by atoms with Crippen LogP contribution in [0.25, 0.3) is 0 Å². The van der Waals surface area contributed by atoms with E-state index < -0.39 is 0 Å². The van der Waals surface area contributed by atoms with Crippen molar-refractivity contribution < 1.29 is 19.1 Å². The van der Waals surface area contributed by atoms with Crippen LogP contribution in [0.2, 0.25) is 0 Å². The summed E-state index contributed by atoms with van der Waals surface area (Å²) in [6, 6.07) is 16.4. The van der Waals surface area contributed by atoms with Crippen LogP contribution in [0.15, 0.2) is 67.0 Å². The van der Waals surface area contributed by atoms with Crippen molar-refractivity contribution in [1.82, 2.24) is 20.1 Å². The summed E-state index contributed by atoms with van der Waals surface area (Å²) in [4.78, 5) is 49.1. The molecule has 1 aromatic heterocycles. The van der Waals surface area contributed by atoms with Crippen molar-refractivity contribution in [2.24, 2.45) is 0 Å². The first-order valence-corrected chi connectivity index (χ1v) is 13.5. The number of anilines is 2. The van der Waals surface area contributed by atoms with Gasteiger partial charge in [-0.05, 0) is 48.0 Å². The van der Waals surface area contributed by atoms with Crippen LogP contribution >= 0.6 is 0 Å². The van der Waals surface area contributed by atoms with Crippen molar-refractivity contribution in [3.05, 3.63) is 83.7 Å². The molecule has 2 saturated heterocycles. The van der Waals surface area contributed by atoms with Crippen LogP contribution in [0.1, 0.15) is 26.3 Å². The average molecular weight is 543 g/mol. The number of carbonyl (C=O) groups is 3. The van der Waals surface area contributed by atoms with Gasteiger partial charge in [-0.25, -0.2) is 0 Å². The number of benzene rings is 2. The number of pyridine rings is 1. The lowest BCUT2D eigenvalue weighted by atomic mass is 10.1. The average Bonchev–Trinajstić information content (AvgIpc) is 3.02. The summed E-state index contributed by atoms with van der Waals surface area (Å²) < 4.78 is 5.20. The standard InChI is InChI=1S/C30H34N6O4/c1-40-25-7-4-22(5-8-25)19-28(37)35-17-15-34(16-18-35)27-9-6-23(30(39)36-13-11-31-12-14-36)20-26(27)33-29(38)24-3-2-10-32-21-24/h2-10,20-21,31H,11-19H2,1H3,(H,33,38). The summed E-state index contributed by atoms with van der Waals surface area (Å²) in [6.07, 6.45) is 3.46. The number of piperazine rings is 2. The highest BCUT2D eigenvalue weighted by molar-refractivity contribution is 6.07. The van der Waals surface area contributed by atoms with Crippen LogP contribution in [0.5, 0.6) is 5.75 Å². The molecule has 0 aliphatic carbocycles. The molecule has 0 unspecified atom stereocenters. The van der Waals surface area contributed by atoms with E-state index in [1.54, 1.807) is 31.5 Å². The minimum absolute atomic E-state index is 0.0566. The molecule has 0 saturated carbocycles. The Labute approximate surface area is 233 Å². The molecule has 2 aromatic carbocycles. The Morgan fingerprint density at radius 1 is 0.900 bits per heavy atom. The summed E-state index contributed by atoms with van der Waals surface area (Å²) in [5.74, 6) is 0.483. The molecule has 40 heavy (non-hydrogen) atoms. The summed E-state index contributed by atoms with van der Waals surface area (Å²) in [5.41, 5.74) is 3.28. The lowest BCUT2D eigenvalue weighted by Crippen LogP contribution is -2.49. The van der Waals surface area contributed by atoms with Gasteiger partial charge in [-0.1, -0.05) is 12.1 Å². The van der Waals surface area contributed by atoms with Gasteiger partial charge in [0.2, 0.25) is 5.91 Å². The minimum atomic E-state index is -0.297. The van der Waals surface area contributed by atoms with Gasteiger partial charge in [0.15, 0.2) is 0 Å². The van der Waals surface area contributed by atoms with E-state index in [9.17, 15) is 14.4 Å². The van der Waals surface area contributed by atoms with Crippen molar-refractivity contribution >= 4 is 29.1 Å². The third-order valence-corrected chi connectivity index (χ3v) is 7.31. The molecule has 3 amide bonds. The van der Waals surface area contributed by atoms with Crippen molar-refractivity contribution in [2.45, 2.75) is 6.42 Å². The zero-order chi connectivity index (χ0) is 27.9. The number of hydrogen-bond donors (Lipinski definition) is 2. The lowest BCUT2D eigenvalue weighted by molar-refractivity contribution is -0.130. The molecule has 5 rings (SSSR count). The Morgan fingerprint density at radius 3 is 2.33 bits per heavy atom. The number of methoxy groups -OCH3 is 1. The molecule has 0 atom stereocenters. The van der Waals surface area contributed by atoms with E-state index in [1.165, 1.54) is 6.20 Å². The summed E-state index contributed by atoms with van der Waals surface area (Å²) in [5, 5.41) is 6.27. The van der Waals surface area contributed by atoms with Gasteiger partial charge in [0.05, 0.1) is 30.5 Å². The van der Waals surface area contributed by atoms with Gasteiger partial charge in [0, 0.05) is 70.3 Å². The molecule has 10 nitrogen and oxygen atoms in total. The number of rotatable bonds is 7. The molecule has 0 spiro atoms. The maximum absolute atomic E-state index is 13.2. The van der Waals surface area contributed by atoms with Gasteiger partial charge >= 0.3 is 0 Å². The number of hydrogen-bond acceptors (Lipinski definition) is 7. The van der Waals surface area contributed by atoms with E-state index in [1.807, 2.05) is 46.2 Å². The lowest BCUT2D eigenvalue weighted by Gasteiger charge is -2.37. The van der Waals surface area contributed by atoms with Crippen LogP contribution < -0.4 is 20.3 Å². The molecule has 0 radical (unpaired) electrons. The van der Waals surface area contributed by atoms with Crippen LogP contribution in [0.4, 0.5) is 11.4 Å². The summed E-state index contributed by atoms with van der Waals surface area (Å²) in [6.45, 7) is 5.14. The molecule has 10 heteroatoms. The second-order valence-corrected chi connectivity index (χ2v) is 9.86. The topological polar surface area (TPSA) is 107 Å². The predicted molar refractivity (Wildman–Crippen MR) is 153 cm³/mol. The number of nitrogens with one attached hydrogen (secondary N) is 2. The summed E-state index contributed by atoms with van der Waals surface area (Å²) >= 11 is 0. The molecule has 3 aromatic rings. The van der Waals surface area contributed by atoms with Crippen LogP contribution in [-0.4, -0.2) is 92.0 Å². The highest BCUT2D eigenvalue weighted by atomic mass is 16.5. The Balaban J connectivity index is 1.30. The van der Waals surface area contributed by atoms with Gasteiger partial charge in [0.1, 0.15) is 5.75 Å². The Hall–Kier alpha value is -4.44. The second-order valence-electron chi connectivity index (χ2n) is 9.86. The molecule has 0 bridgehead atoms. The van der Waals surface area contributed by atoms with Gasteiger partial charge in [0.25, 0.3) is 11.8 Å². The first kappa shape index (κ1) is 27.1. The van der Waals surface area contributed by atoms with Crippen molar-refractivity contribution in [1.29, 1.82) is 0 Å². The molecule has 2 aliphatic rings. The van der Waals surface area contributed by atoms with Gasteiger partial charge < -0.3 is 30.1 Å². The predicted octanol–water partition coefficient (Wildman–Crippen LogP) is 2.28. The number of nitrogens with zero attached hydrogens (tertiary/aromatic N) is 4. The van der Waals surface area contributed by atoms with Crippen LogP contribution in [0.3, 0.4) is 0 Å². The van der Waals surface area contributed by atoms with E-state index >= 15 is 0 Å². The molecule has 2 fully saturated rings.